The van der Waals surface area contributed by atoms with E-state index in [1.807, 2.05) is 0 Å². The Hall–Kier alpha value is -1.08. The van der Waals surface area contributed by atoms with E-state index in [1.165, 1.54) is 6.08 Å². The number of terminal acetylenes is 2. The van der Waals surface area contributed by atoms with Crippen LogP contribution in [-0.4, -0.2) is 7.85 Å². The molecule has 0 aliphatic rings. The van der Waals surface area contributed by atoms with Crippen LogP contribution in [0.1, 0.15) is 0 Å². The molecule has 0 aromatic carbocycles. The van der Waals surface area contributed by atoms with Crippen molar-refractivity contribution in [2.24, 2.45) is 0 Å². The van der Waals surface area contributed by atoms with Crippen LogP contribution in [0.3, 0.4) is 0 Å². The van der Waals surface area contributed by atoms with Gasteiger partial charge in [-0.05, 0) is 11.5 Å². The normalized spacial score (nSPS) is 9.14. The van der Waals surface area contributed by atoms with Crippen molar-refractivity contribution >= 4 is 7.85 Å². The second kappa shape index (κ2) is 3.13. The smallest absolute Gasteiger partial charge is 0.116 e. The molecule has 0 saturated heterocycles. The number of rotatable bonds is 0. The molecule has 0 N–H and O–H groups in total. The lowest BCUT2D eigenvalue weighted by atomic mass is 9.97. The van der Waals surface area contributed by atoms with Crippen LogP contribution in [0.4, 0.5) is 0 Å². The van der Waals surface area contributed by atoms with E-state index in [-0.39, 0.29) is 0 Å². The topological polar surface area (TPSA) is 0 Å². The third kappa shape index (κ3) is 2.74. The minimum atomic E-state index is 0.294. The van der Waals surface area contributed by atoms with Gasteiger partial charge in [0.05, 0.1) is 0 Å². The van der Waals surface area contributed by atoms with Crippen molar-refractivity contribution in [3.63, 3.8) is 0 Å². The molecular formula is C6H3B. The van der Waals surface area contributed by atoms with Gasteiger partial charge >= 0.3 is 0 Å². The molecule has 0 nitrogen and oxygen atoms in total. The summed E-state index contributed by atoms with van der Waals surface area (Å²) in [7, 11) is 5.07. The molecule has 0 rings (SSSR count). The van der Waals surface area contributed by atoms with Gasteiger partial charge in [-0.25, -0.2) is 0 Å². The highest BCUT2D eigenvalue weighted by molar-refractivity contribution is 6.24. The molecule has 0 amide bonds. The lowest BCUT2D eigenvalue weighted by molar-refractivity contribution is 2.05. The zero-order valence-corrected chi connectivity index (χ0v) is 3.81. The van der Waals surface area contributed by atoms with Gasteiger partial charge in [-0.2, -0.15) is 0 Å². The molecule has 0 fully saturated rings. The minimum Gasteiger partial charge on any atom is -0.116 e. The molecule has 0 bridgehead atoms. The number of hydrogen-bond acceptors (Lipinski definition) is 0. The van der Waals surface area contributed by atoms with E-state index < -0.39 is 0 Å². The third-order valence-corrected chi connectivity index (χ3v) is 0.406. The molecule has 0 aliphatic carbocycles. The van der Waals surface area contributed by atoms with E-state index in [2.05, 4.69) is 11.8 Å². The molecule has 0 aromatic heterocycles. The zero-order chi connectivity index (χ0) is 5.70. The molecule has 0 spiro atoms. The molecule has 2 radical (unpaired) electrons. The van der Waals surface area contributed by atoms with E-state index >= 15 is 0 Å². The largest absolute Gasteiger partial charge is 0.127 e. The lowest BCUT2D eigenvalue weighted by Crippen LogP contribution is -1.69. The van der Waals surface area contributed by atoms with E-state index in [0.717, 1.165) is 0 Å². The molecule has 0 aromatic rings. The van der Waals surface area contributed by atoms with Crippen molar-refractivity contribution < 1.29 is 0 Å². The predicted molar refractivity (Wildman–Crippen MR) is 31.5 cm³/mol. The highest BCUT2D eigenvalue weighted by Crippen LogP contribution is 1.77. The number of allylic oxidation sites excluding steroid dienone is 2. The first kappa shape index (κ1) is 5.92. The van der Waals surface area contributed by atoms with Gasteiger partial charge in [0.25, 0.3) is 0 Å². The van der Waals surface area contributed by atoms with Crippen LogP contribution in [0.5, 0.6) is 0 Å². The summed E-state index contributed by atoms with van der Waals surface area (Å²) < 4.78 is 0. The summed E-state index contributed by atoms with van der Waals surface area (Å²) in [6, 6.07) is 0. The molecule has 1 heteroatoms. The van der Waals surface area contributed by atoms with Gasteiger partial charge in [0.15, 0.2) is 0 Å². The fourth-order valence-electron chi connectivity index (χ4n) is 0.131. The average molecular weight is 85.9 g/mol. The van der Waals surface area contributed by atoms with Gasteiger partial charge in [0, 0.05) is 0 Å². The summed E-state index contributed by atoms with van der Waals surface area (Å²) in [5, 5.41) is 0. The van der Waals surface area contributed by atoms with Crippen LogP contribution in [-0.2, 0) is 0 Å². The Morgan fingerprint density at radius 3 is 2.29 bits per heavy atom. The zero-order valence-electron chi connectivity index (χ0n) is 3.81. The van der Waals surface area contributed by atoms with Gasteiger partial charge in [0.2, 0.25) is 0 Å². The minimum absolute atomic E-state index is 0.294. The summed E-state index contributed by atoms with van der Waals surface area (Å²) in [6.07, 6.45) is 11.0. The monoisotopic (exact) mass is 86.0 g/mol. The Labute approximate surface area is 45.0 Å². The Bertz CT molecular complexity index is 152. The maximum Gasteiger partial charge on any atom is 0.127 e. The van der Waals surface area contributed by atoms with Crippen LogP contribution in [0.25, 0.3) is 0 Å². The summed E-state index contributed by atoms with van der Waals surface area (Å²) in [5.41, 5.74) is 0.294. The molecule has 0 atom stereocenters. The Morgan fingerprint density at radius 2 is 2.14 bits per heavy atom. The van der Waals surface area contributed by atoms with Gasteiger partial charge in [-0.3, -0.25) is 0 Å². The predicted octanol–water partition coefficient (Wildman–Crippen LogP) is 0.305. The molecular weight excluding hydrogens is 82.9 g/mol. The summed E-state index contributed by atoms with van der Waals surface area (Å²) >= 11 is 0. The van der Waals surface area contributed by atoms with Crippen molar-refractivity contribution in [3.05, 3.63) is 11.5 Å². The van der Waals surface area contributed by atoms with Crippen LogP contribution >= 0.6 is 0 Å². The maximum atomic E-state index is 5.07. The fourth-order valence-corrected chi connectivity index (χ4v) is 0.131. The molecule has 0 heterocycles. The lowest BCUT2D eigenvalue weighted by Gasteiger charge is -1.74. The van der Waals surface area contributed by atoms with Crippen molar-refractivity contribution in [3.8, 4) is 24.7 Å². The highest BCUT2D eigenvalue weighted by Gasteiger charge is 1.69. The Balaban J connectivity index is 3.89. The van der Waals surface area contributed by atoms with Crippen molar-refractivity contribution in [1.29, 1.82) is 0 Å². The first-order chi connectivity index (χ1) is 3.31. The third-order valence-electron chi connectivity index (χ3n) is 0.406. The van der Waals surface area contributed by atoms with Crippen LogP contribution in [0, 0.1) is 24.7 Å². The average Bonchev–Trinajstić information content (AvgIpc) is 1.68. The highest BCUT2D eigenvalue weighted by atomic mass is 13.6. The molecule has 30 valence electrons. The van der Waals surface area contributed by atoms with Gasteiger partial charge in [0.1, 0.15) is 7.85 Å². The van der Waals surface area contributed by atoms with Gasteiger partial charge in [-0.1, -0.05) is 11.8 Å². The first-order valence-corrected chi connectivity index (χ1v) is 1.69. The number of hydrogen-bond donors (Lipinski definition) is 0. The Kier molecular flexibility index (Phi) is 2.65. The molecule has 0 unspecified atom stereocenters. The second-order valence-corrected chi connectivity index (χ2v) is 0.911. The molecule has 0 saturated carbocycles. The van der Waals surface area contributed by atoms with Crippen LogP contribution < -0.4 is 0 Å². The summed E-state index contributed by atoms with van der Waals surface area (Å²) in [6.45, 7) is 0. The van der Waals surface area contributed by atoms with Crippen molar-refractivity contribution in [2.75, 3.05) is 0 Å². The fraction of sp³-hybridized carbons (Fsp3) is 0. The van der Waals surface area contributed by atoms with Crippen molar-refractivity contribution in [2.45, 2.75) is 0 Å². The van der Waals surface area contributed by atoms with E-state index in [4.69, 9.17) is 20.7 Å². The first-order valence-electron chi connectivity index (χ1n) is 1.69. The maximum absolute atomic E-state index is 5.07. The van der Waals surface area contributed by atoms with Gasteiger partial charge in [-0.15, -0.1) is 12.8 Å². The standard InChI is InChI=1S/C6H3B/c1-3-5-6(7)4-2/h1-2,5H/b6-5-. The second-order valence-electron chi connectivity index (χ2n) is 0.911. The van der Waals surface area contributed by atoms with Crippen molar-refractivity contribution in [1.82, 2.24) is 0 Å². The van der Waals surface area contributed by atoms with E-state index in [0.29, 0.717) is 5.47 Å². The van der Waals surface area contributed by atoms with Crippen LogP contribution in [0.15, 0.2) is 11.5 Å². The van der Waals surface area contributed by atoms with E-state index in [1.54, 1.807) is 0 Å². The summed E-state index contributed by atoms with van der Waals surface area (Å²) in [5.74, 6) is 4.35. The molecule has 7 heavy (non-hydrogen) atoms. The quantitative estimate of drug-likeness (QED) is 0.294. The summed E-state index contributed by atoms with van der Waals surface area (Å²) in [4.78, 5) is 0. The SMILES string of the molecule is [B]/C(C#C)=C\C#C. The van der Waals surface area contributed by atoms with Crippen LogP contribution in [0.2, 0.25) is 0 Å². The van der Waals surface area contributed by atoms with Gasteiger partial charge < -0.3 is 0 Å². The molecule has 0 aliphatic heterocycles. The Morgan fingerprint density at radius 1 is 1.57 bits per heavy atom. The van der Waals surface area contributed by atoms with E-state index in [9.17, 15) is 0 Å².